The first-order chi connectivity index (χ1) is 5.65. The van der Waals surface area contributed by atoms with Gasteiger partial charge in [-0.1, -0.05) is 6.92 Å². The van der Waals surface area contributed by atoms with E-state index in [1.807, 2.05) is 0 Å². The van der Waals surface area contributed by atoms with Crippen LogP contribution in [0.15, 0.2) is 0 Å². The number of nitrogens with zero attached hydrogens (tertiary/aromatic N) is 1. The molecule has 4 heteroatoms. The number of carbonyl (C=O) groups excluding carboxylic acids is 1. The highest BCUT2D eigenvalue weighted by molar-refractivity contribution is 5.91. The number of nitrogens with one attached hydrogen (secondary N) is 1. The van der Waals surface area contributed by atoms with E-state index in [9.17, 15) is 4.79 Å². The molecule has 0 spiro atoms. The van der Waals surface area contributed by atoms with Crippen LogP contribution in [-0.4, -0.2) is 15.9 Å². The number of nitrogens with two attached hydrogens (primary N) is 1. The van der Waals surface area contributed by atoms with Crippen molar-refractivity contribution in [2.45, 2.75) is 26.7 Å². The Kier molecular flexibility index (Phi) is 2.47. The van der Waals surface area contributed by atoms with Gasteiger partial charge in [0.15, 0.2) is 0 Å². The van der Waals surface area contributed by atoms with Gasteiger partial charge in [0.05, 0.1) is 0 Å². The topological polar surface area (TPSA) is 71.8 Å². The fourth-order valence-electron chi connectivity index (χ4n) is 1.12. The first-order valence-corrected chi connectivity index (χ1v) is 4.00. The molecule has 4 nitrogen and oxygen atoms in total. The van der Waals surface area contributed by atoms with Crippen LogP contribution in [0.1, 0.15) is 35.4 Å². The number of carbonyl (C=O) groups is 1. The van der Waals surface area contributed by atoms with Crippen molar-refractivity contribution < 1.29 is 4.79 Å². The van der Waals surface area contributed by atoms with E-state index in [0.717, 1.165) is 24.4 Å². The number of amides is 1. The van der Waals surface area contributed by atoms with E-state index in [2.05, 4.69) is 16.9 Å². The van der Waals surface area contributed by atoms with Gasteiger partial charge in [-0.15, -0.1) is 0 Å². The summed E-state index contributed by atoms with van der Waals surface area (Å²) < 4.78 is 0. The number of hydrogen-bond donors (Lipinski definition) is 2. The molecule has 1 heterocycles. The molecule has 1 aromatic rings. The van der Waals surface area contributed by atoms with Crippen LogP contribution in [-0.2, 0) is 6.42 Å². The molecule has 3 N–H and O–H groups in total. The van der Waals surface area contributed by atoms with Crippen molar-refractivity contribution in [3.05, 3.63) is 17.2 Å². The minimum Gasteiger partial charge on any atom is -0.364 e. The average Bonchev–Trinajstić information content (AvgIpc) is 2.32. The van der Waals surface area contributed by atoms with E-state index in [1.54, 1.807) is 6.92 Å². The lowest BCUT2D eigenvalue weighted by atomic mass is 10.3. The van der Waals surface area contributed by atoms with Crippen LogP contribution < -0.4 is 5.73 Å². The third-order valence-corrected chi connectivity index (χ3v) is 1.65. The van der Waals surface area contributed by atoms with Crippen LogP contribution >= 0.6 is 0 Å². The standard InChI is InChI=1S/C8H13N3O/c1-3-4-6-10-5(2)7(11-6)8(9)12/h3-4H2,1-2H3,(H2,9,12)(H,10,11). The van der Waals surface area contributed by atoms with E-state index in [4.69, 9.17) is 5.73 Å². The third-order valence-electron chi connectivity index (χ3n) is 1.65. The summed E-state index contributed by atoms with van der Waals surface area (Å²) in [6.45, 7) is 3.86. The highest BCUT2D eigenvalue weighted by Gasteiger charge is 2.10. The lowest BCUT2D eigenvalue weighted by Crippen LogP contribution is -2.12. The second-order valence-corrected chi connectivity index (χ2v) is 2.77. The smallest absolute Gasteiger partial charge is 0.269 e. The van der Waals surface area contributed by atoms with Gasteiger partial charge in [-0.3, -0.25) is 4.79 Å². The van der Waals surface area contributed by atoms with E-state index in [0.29, 0.717) is 5.69 Å². The molecule has 0 atom stereocenters. The van der Waals surface area contributed by atoms with E-state index in [1.165, 1.54) is 0 Å². The van der Waals surface area contributed by atoms with Crippen LogP contribution in [0.25, 0.3) is 0 Å². The molecule has 0 aliphatic heterocycles. The van der Waals surface area contributed by atoms with Crippen molar-refractivity contribution >= 4 is 5.91 Å². The Morgan fingerprint density at radius 3 is 2.75 bits per heavy atom. The van der Waals surface area contributed by atoms with Crippen LogP contribution in [0.3, 0.4) is 0 Å². The Bertz CT molecular complexity index is 290. The Morgan fingerprint density at radius 2 is 2.33 bits per heavy atom. The average molecular weight is 167 g/mol. The van der Waals surface area contributed by atoms with Crippen LogP contribution in [0.4, 0.5) is 0 Å². The SMILES string of the molecule is CCCc1nc(C(N)=O)c(C)[nH]1. The van der Waals surface area contributed by atoms with Gasteiger partial charge >= 0.3 is 0 Å². The fourth-order valence-corrected chi connectivity index (χ4v) is 1.12. The molecular weight excluding hydrogens is 154 g/mol. The second kappa shape index (κ2) is 3.38. The molecule has 1 rings (SSSR count). The number of H-pyrrole nitrogens is 1. The summed E-state index contributed by atoms with van der Waals surface area (Å²) in [6.07, 6.45) is 1.86. The fraction of sp³-hybridized carbons (Fsp3) is 0.500. The van der Waals surface area contributed by atoms with Crippen molar-refractivity contribution in [2.24, 2.45) is 5.73 Å². The van der Waals surface area contributed by atoms with E-state index >= 15 is 0 Å². The van der Waals surface area contributed by atoms with Gasteiger partial charge in [-0.25, -0.2) is 4.98 Å². The van der Waals surface area contributed by atoms with Crippen LogP contribution in [0.2, 0.25) is 0 Å². The Balaban J connectivity index is 2.92. The van der Waals surface area contributed by atoms with E-state index < -0.39 is 5.91 Å². The largest absolute Gasteiger partial charge is 0.364 e. The van der Waals surface area contributed by atoms with Crippen molar-refractivity contribution in [1.29, 1.82) is 0 Å². The molecule has 0 bridgehead atoms. The maximum Gasteiger partial charge on any atom is 0.269 e. The Morgan fingerprint density at radius 1 is 1.67 bits per heavy atom. The van der Waals surface area contributed by atoms with Gasteiger partial charge in [-0.05, 0) is 13.3 Å². The third kappa shape index (κ3) is 1.64. The summed E-state index contributed by atoms with van der Waals surface area (Å²) in [5.41, 5.74) is 6.22. The number of aromatic nitrogens is 2. The summed E-state index contributed by atoms with van der Waals surface area (Å²) in [5, 5.41) is 0. The number of primary amides is 1. The first-order valence-electron chi connectivity index (χ1n) is 4.00. The summed E-state index contributed by atoms with van der Waals surface area (Å²) in [6, 6.07) is 0. The highest BCUT2D eigenvalue weighted by atomic mass is 16.1. The number of hydrogen-bond acceptors (Lipinski definition) is 2. The van der Waals surface area contributed by atoms with Crippen molar-refractivity contribution in [3.63, 3.8) is 0 Å². The number of rotatable bonds is 3. The summed E-state index contributed by atoms with van der Waals surface area (Å²) in [7, 11) is 0. The zero-order valence-corrected chi connectivity index (χ0v) is 7.35. The molecule has 12 heavy (non-hydrogen) atoms. The van der Waals surface area contributed by atoms with Crippen LogP contribution in [0, 0.1) is 6.92 Å². The van der Waals surface area contributed by atoms with Gasteiger partial charge in [0.2, 0.25) is 0 Å². The lowest BCUT2D eigenvalue weighted by molar-refractivity contribution is 0.0995. The molecule has 0 radical (unpaired) electrons. The predicted molar refractivity (Wildman–Crippen MR) is 45.8 cm³/mol. The molecule has 0 unspecified atom stereocenters. The number of aryl methyl sites for hydroxylation is 2. The molecule has 0 aliphatic carbocycles. The summed E-state index contributed by atoms with van der Waals surface area (Å²) >= 11 is 0. The Hall–Kier alpha value is -1.32. The number of aromatic amines is 1. The van der Waals surface area contributed by atoms with Gasteiger partial charge in [0, 0.05) is 12.1 Å². The molecule has 0 saturated carbocycles. The summed E-state index contributed by atoms with van der Waals surface area (Å²) in [5.74, 6) is 0.370. The monoisotopic (exact) mass is 167 g/mol. The number of imidazole rings is 1. The normalized spacial score (nSPS) is 10.2. The second-order valence-electron chi connectivity index (χ2n) is 2.77. The molecule has 1 aromatic heterocycles. The molecule has 0 saturated heterocycles. The maximum absolute atomic E-state index is 10.8. The molecule has 66 valence electrons. The summed E-state index contributed by atoms with van der Waals surface area (Å²) in [4.78, 5) is 17.9. The minimum atomic E-state index is -0.467. The molecular formula is C8H13N3O. The molecule has 0 aliphatic rings. The van der Waals surface area contributed by atoms with E-state index in [-0.39, 0.29) is 0 Å². The maximum atomic E-state index is 10.8. The minimum absolute atomic E-state index is 0.360. The zero-order valence-electron chi connectivity index (χ0n) is 7.35. The quantitative estimate of drug-likeness (QED) is 0.697. The predicted octanol–water partition coefficient (Wildman–Crippen LogP) is 0.770. The lowest BCUT2D eigenvalue weighted by Gasteiger charge is -1.87. The highest BCUT2D eigenvalue weighted by Crippen LogP contribution is 2.05. The van der Waals surface area contributed by atoms with Crippen molar-refractivity contribution in [1.82, 2.24) is 9.97 Å². The molecule has 0 fully saturated rings. The van der Waals surface area contributed by atoms with Gasteiger partial charge in [0.1, 0.15) is 11.5 Å². The zero-order chi connectivity index (χ0) is 9.14. The molecule has 1 amide bonds. The molecule has 0 aromatic carbocycles. The van der Waals surface area contributed by atoms with Gasteiger partial charge in [-0.2, -0.15) is 0 Å². The van der Waals surface area contributed by atoms with Crippen LogP contribution in [0.5, 0.6) is 0 Å². The Labute approximate surface area is 71.2 Å². The van der Waals surface area contributed by atoms with Crippen molar-refractivity contribution in [3.8, 4) is 0 Å². The first kappa shape index (κ1) is 8.77. The van der Waals surface area contributed by atoms with Crippen molar-refractivity contribution in [2.75, 3.05) is 0 Å². The van der Waals surface area contributed by atoms with Gasteiger partial charge < -0.3 is 10.7 Å². The van der Waals surface area contributed by atoms with Gasteiger partial charge in [0.25, 0.3) is 5.91 Å².